The molecule has 0 aliphatic heterocycles. The minimum absolute atomic E-state index is 0.518. The van der Waals surface area contributed by atoms with Gasteiger partial charge >= 0.3 is 0 Å². The minimum Gasteiger partial charge on any atom is -0.490 e. The molecule has 4 nitrogen and oxygen atoms in total. The first-order valence-electron chi connectivity index (χ1n) is 7.48. The molecular weight excluding hydrogens is 278 g/mol. The second-order valence-corrected chi connectivity index (χ2v) is 4.79. The van der Waals surface area contributed by atoms with Crippen molar-refractivity contribution in [2.45, 2.75) is 6.54 Å². The van der Waals surface area contributed by atoms with Crippen LogP contribution < -0.4 is 14.8 Å². The molecule has 2 rings (SSSR count). The SMILES string of the molecule is COCCNCc1ccccc1OCCOc1ccccc1. The fraction of sp³-hybridized carbons (Fsp3) is 0.333. The van der Waals surface area contributed by atoms with Crippen LogP contribution in [0.25, 0.3) is 0 Å². The number of hydrogen-bond acceptors (Lipinski definition) is 4. The van der Waals surface area contributed by atoms with Crippen molar-refractivity contribution in [1.29, 1.82) is 0 Å². The molecule has 0 radical (unpaired) electrons. The van der Waals surface area contributed by atoms with Gasteiger partial charge in [0.2, 0.25) is 0 Å². The lowest BCUT2D eigenvalue weighted by Gasteiger charge is -2.12. The normalized spacial score (nSPS) is 10.4. The third kappa shape index (κ3) is 5.76. The quantitative estimate of drug-likeness (QED) is 0.685. The number of ether oxygens (including phenoxy) is 3. The Morgan fingerprint density at radius 2 is 1.55 bits per heavy atom. The zero-order valence-corrected chi connectivity index (χ0v) is 13.0. The van der Waals surface area contributed by atoms with Crippen molar-refractivity contribution < 1.29 is 14.2 Å². The number of nitrogens with one attached hydrogen (secondary N) is 1. The van der Waals surface area contributed by atoms with Crippen LogP contribution in [0.5, 0.6) is 11.5 Å². The highest BCUT2D eigenvalue weighted by Crippen LogP contribution is 2.17. The Kier molecular flexibility index (Phi) is 7.29. The monoisotopic (exact) mass is 301 g/mol. The molecule has 0 aliphatic carbocycles. The number of hydrogen-bond donors (Lipinski definition) is 1. The topological polar surface area (TPSA) is 39.7 Å². The predicted octanol–water partition coefficient (Wildman–Crippen LogP) is 2.88. The van der Waals surface area contributed by atoms with Crippen molar-refractivity contribution >= 4 is 0 Å². The summed E-state index contributed by atoms with van der Waals surface area (Å²) in [6.45, 7) is 3.33. The Morgan fingerprint density at radius 1 is 0.818 bits per heavy atom. The highest BCUT2D eigenvalue weighted by atomic mass is 16.5. The van der Waals surface area contributed by atoms with Gasteiger partial charge in [0.05, 0.1) is 6.61 Å². The lowest BCUT2D eigenvalue weighted by atomic mass is 10.2. The van der Waals surface area contributed by atoms with E-state index in [2.05, 4.69) is 11.4 Å². The van der Waals surface area contributed by atoms with Crippen LogP contribution in [0.3, 0.4) is 0 Å². The van der Waals surface area contributed by atoms with Gasteiger partial charge in [-0.3, -0.25) is 0 Å². The van der Waals surface area contributed by atoms with E-state index in [0.717, 1.165) is 30.2 Å². The molecule has 4 heteroatoms. The summed E-state index contributed by atoms with van der Waals surface area (Å²) in [7, 11) is 1.70. The Balaban J connectivity index is 1.74. The van der Waals surface area contributed by atoms with Gasteiger partial charge in [-0.2, -0.15) is 0 Å². The minimum atomic E-state index is 0.518. The maximum absolute atomic E-state index is 5.82. The molecule has 0 unspecified atom stereocenters. The summed E-state index contributed by atoms with van der Waals surface area (Å²) in [5.74, 6) is 1.75. The average Bonchev–Trinajstić information content (AvgIpc) is 2.57. The van der Waals surface area contributed by atoms with E-state index in [-0.39, 0.29) is 0 Å². The Labute approximate surface area is 132 Å². The van der Waals surface area contributed by atoms with Crippen LogP contribution in [0.2, 0.25) is 0 Å². The van der Waals surface area contributed by atoms with Gasteiger partial charge < -0.3 is 19.5 Å². The van der Waals surface area contributed by atoms with E-state index in [9.17, 15) is 0 Å². The fourth-order valence-corrected chi connectivity index (χ4v) is 2.02. The van der Waals surface area contributed by atoms with Crippen molar-refractivity contribution in [2.75, 3.05) is 33.5 Å². The lowest BCUT2D eigenvalue weighted by Crippen LogP contribution is -2.19. The first-order chi connectivity index (χ1) is 10.9. The van der Waals surface area contributed by atoms with E-state index in [1.54, 1.807) is 7.11 Å². The third-order valence-electron chi connectivity index (χ3n) is 3.12. The van der Waals surface area contributed by atoms with Crippen LogP contribution >= 0.6 is 0 Å². The number of para-hydroxylation sites is 2. The second-order valence-electron chi connectivity index (χ2n) is 4.79. The molecule has 0 atom stereocenters. The maximum Gasteiger partial charge on any atom is 0.123 e. The van der Waals surface area contributed by atoms with Gasteiger partial charge in [0, 0.05) is 25.8 Å². The highest BCUT2D eigenvalue weighted by molar-refractivity contribution is 5.33. The van der Waals surface area contributed by atoms with Crippen molar-refractivity contribution in [3.63, 3.8) is 0 Å². The summed E-state index contributed by atoms with van der Waals surface area (Å²) in [4.78, 5) is 0. The van der Waals surface area contributed by atoms with E-state index in [0.29, 0.717) is 19.8 Å². The van der Waals surface area contributed by atoms with Crippen molar-refractivity contribution in [3.05, 3.63) is 60.2 Å². The highest BCUT2D eigenvalue weighted by Gasteiger charge is 2.02. The van der Waals surface area contributed by atoms with Crippen LogP contribution in [0.15, 0.2) is 54.6 Å². The van der Waals surface area contributed by atoms with Crippen LogP contribution in [0.1, 0.15) is 5.56 Å². The summed E-state index contributed by atoms with van der Waals surface area (Å²) in [6.07, 6.45) is 0. The Morgan fingerprint density at radius 3 is 2.36 bits per heavy atom. The summed E-state index contributed by atoms with van der Waals surface area (Å²) in [5, 5.41) is 3.32. The zero-order chi connectivity index (χ0) is 15.5. The second kappa shape index (κ2) is 9.82. The van der Waals surface area contributed by atoms with E-state index in [4.69, 9.17) is 14.2 Å². The predicted molar refractivity (Wildman–Crippen MR) is 87.5 cm³/mol. The van der Waals surface area contributed by atoms with Gasteiger partial charge in [0.25, 0.3) is 0 Å². The van der Waals surface area contributed by atoms with E-state index < -0.39 is 0 Å². The lowest BCUT2D eigenvalue weighted by molar-refractivity contribution is 0.198. The summed E-state index contributed by atoms with van der Waals surface area (Å²) >= 11 is 0. The summed E-state index contributed by atoms with van der Waals surface area (Å²) < 4.78 is 16.5. The van der Waals surface area contributed by atoms with E-state index in [1.807, 2.05) is 48.5 Å². The first kappa shape index (κ1) is 16.3. The maximum atomic E-state index is 5.82. The van der Waals surface area contributed by atoms with Crippen LogP contribution in [0.4, 0.5) is 0 Å². The molecule has 0 saturated carbocycles. The molecule has 0 spiro atoms. The van der Waals surface area contributed by atoms with Crippen molar-refractivity contribution in [3.8, 4) is 11.5 Å². The molecule has 0 saturated heterocycles. The smallest absolute Gasteiger partial charge is 0.123 e. The molecule has 0 amide bonds. The standard InChI is InChI=1S/C18H23NO3/c1-20-12-11-19-15-16-7-5-6-10-18(16)22-14-13-21-17-8-3-2-4-9-17/h2-10,19H,11-15H2,1H3. The number of benzene rings is 2. The molecule has 2 aromatic rings. The van der Waals surface area contributed by atoms with Crippen molar-refractivity contribution in [2.24, 2.45) is 0 Å². The number of rotatable bonds is 10. The molecule has 0 heterocycles. The molecule has 2 aromatic carbocycles. The molecule has 118 valence electrons. The molecule has 0 bridgehead atoms. The third-order valence-corrected chi connectivity index (χ3v) is 3.12. The van der Waals surface area contributed by atoms with E-state index >= 15 is 0 Å². The van der Waals surface area contributed by atoms with E-state index in [1.165, 1.54) is 0 Å². The molecule has 0 fully saturated rings. The van der Waals surface area contributed by atoms with Crippen LogP contribution in [0, 0.1) is 0 Å². The Bertz CT molecular complexity index is 531. The van der Waals surface area contributed by atoms with Gasteiger partial charge in [-0.25, -0.2) is 0 Å². The van der Waals surface area contributed by atoms with Crippen LogP contribution in [-0.4, -0.2) is 33.5 Å². The summed E-state index contributed by atoms with van der Waals surface area (Å²) in [6, 6.07) is 17.8. The van der Waals surface area contributed by atoms with Gasteiger partial charge in [0.15, 0.2) is 0 Å². The molecule has 0 aromatic heterocycles. The molecule has 1 N–H and O–H groups in total. The Hall–Kier alpha value is -2.04. The zero-order valence-electron chi connectivity index (χ0n) is 13.0. The van der Waals surface area contributed by atoms with Gasteiger partial charge in [-0.05, 0) is 18.2 Å². The molecular formula is C18H23NO3. The number of methoxy groups -OCH3 is 1. The largest absolute Gasteiger partial charge is 0.490 e. The fourth-order valence-electron chi connectivity index (χ4n) is 2.02. The first-order valence-corrected chi connectivity index (χ1v) is 7.48. The van der Waals surface area contributed by atoms with Gasteiger partial charge in [0.1, 0.15) is 24.7 Å². The molecule has 0 aliphatic rings. The summed E-state index contributed by atoms with van der Waals surface area (Å²) in [5.41, 5.74) is 1.14. The van der Waals surface area contributed by atoms with Crippen molar-refractivity contribution in [1.82, 2.24) is 5.32 Å². The average molecular weight is 301 g/mol. The van der Waals surface area contributed by atoms with Gasteiger partial charge in [-0.15, -0.1) is 0 Å². The van der Waals surface area contributed by atoms with Gasteiger partial charge in [-0.1, -0.05) is 36.4 Å². The van der Waals surface area contributed by atoms with Crippen LogP contribution in [-0.2, 0) is 11.3 Å². The molecule has 22 heavy (non-hydrogen) atoms.